The molecule has 2 heterocycles. The van der Waals surface area contributed by atoms with Crippen LogP contribution >= 0.6 is 11.3 Å². The van der Waals surface area contributed by atoms with E-state index in [1.54, 1.807) is 17.4 Å². The van der Waals surface area contributed by atoms with Crippen LogP contribution in [0.2, 0.25) is 0 Å². The van der Waals surface area contributed by atoms with Gasteiger partial charge in [0, 0.05) is 17.5 Å². The van der Waals surface area contributed by atoms with Crippen molar-refractivity contribution in [3.05, 3.63) is 52.2 Å². The second-order valence-electron chi connectivity index (χ2n) is 3.58. The van der Waals surface area contributed by atoms with Crippen LogP contribution in [0.5, 0.6) is 0 Å². The Bertz CT molecular complexity index is 425. The van der Waals surface area contributed by atoms with Crippen molar-refractivity contribution in [2.75, 3.05) is 0 Å². The van der Waals surface area contributed by atoms with Crippen LogP contribution in [0.4, 0.5) is 4.39 Å². The predicted molar refractivity (Wildman–Crippen MR) is 63.8 cm³/mol. The first-order chi connectivity index (χ1) is 7.75. The molecule has 0 fully saturated rings. The Morgan fingerprint density at radius 3 is 2.94 bits per heavy atom. The molecule has 2 aromatic rings. The number of hydrogen-bond donors (Lipinski definition) is 1. The Hall–Kier alpha value is -1.26. The summed E-state index contributed by atoms with van der Waals surface area (Å²) >= 11 is 1.72. The molecule has 0 bridgehead atoms. The van der Waals surface area contributed by atoms with Crippen molar-refractivity contribution in [1.82, 2.24) is 10.3 Å². The third-order valence-electron chi connectivity index (χ3n) is 2.36. The standard InChI is InChI=1S/C12H13FN2S/c1-9(12-5-4-10(13)7-15-12)14-8-11-3-2-6-16-11/h2-7,9,14H,8H2,1H3. The minimum Gasteiger partial charge on any atom is -0.304 e. The number of thiophene rings is 1. The van der Waals surface area contributed by atoms with Gasteiger partial charge in [-0.3, -0.25) is 4.98 Å². The number of aromatic nitrogens is 1. The molecular formula is C12H13FN2S. The van der Waals surface area contributed by atoms with E-state index in [-0.39, 0.29) is 11.9 Å². The predicted octanol–water partition coefficient (Wildman–Crippen LogP) is 3.13. The van der Waals surface area contributed by atoms with Crippen LogP contribution < -0.4 is 5.32 Å². The van der Waals surface area contributed by atoms with Crippen LogP contribution in [0.3, 0.4) is 0 Å². The SMILES string of the molecule is CC(NCc1cccs1)c1ccc(F)cn1. The molecule has 1 atom stereocenters. The molecule has 1 N–H and O–H groups in total. The summed E-state index contributed by atoms with van der Waals surface area (Å²) < 4.78 is 12.7. The number of rotatable bonds is 4. The Kier molecular flexibility index (Phi) is 3.64. The highest BCUT2D eigenvalue weighted by molar-refractivity contribution is 7.09. The first-order valence-corrected chi connectivity index (χ1v) is 6.01. The number of nitrogens with zero attached hydrogens (tertiary/aromatic N) is 1. The zero-order valence-electron chi connectivity index (χ0n) is 8.98. The zero-order valence-corrected chi connectivity index (χ0v) is 9.80. The van der Waals surface area contributed by atoms with Crippen LogP contribution in [0.15, 0.2) is 35.8 Å². The van der Waals surface area contributed by atoms with Gasteiger partial charge in [0.1, 0.15) is 5.82 Å². The van der Waals surface area contributed by atoms with E-state index in [1.807, 2.05) is 13.0 Å². The summed E-state index contributed by atoms with van der Waals surface area (Å²) in [5, 5.41) is 5.40. The first-order valence-electron chi connectivity index (χ1n) is 5.13. The summed E-state index contributed by atoms with van der Waals surface area (Å²) in [6.45, 7) is 2.84. The van der Waals surface area contributed by atoms with Crippen LogP contribution in [-0.4, -0.2) is 4.98 Å². The summed E-state index contributed by atoms with van der Waals surface area (Å²) in [7, 11) is 0. The molecule has 0 amide bonds. The fourth-order valence-corrected chi connectivity index (χ4v) is 2.07. The maximum Gasteiger partial charge on any atom is 0.141 e. The zero-order chi connectivity index (χ0) is 11.4. The van der Waals surface area contributed by atoms with Gasteiger partial charge < -0.3 is 5.32 Å². The van der Waals surface area contributed by atoms with E-state index in [1.165, 1.54) is 17.1 Å². The summed E-state index contributed by atoms with van der Waals surface area (Å²) in [5.74, 6) is -0.297. The maximum absolute atomic E-state index is 12.7. The largest absolute Gasteiger partial charge is 0.304 e. The van der Waals surface area contributed by atoms with Crippen LogP contribution in [0.1, 0.15) is 23.5 Å². The molecule has 1 unspecified atom stereocenters. The second-order valence-corrected chi connectivity index (χ2v) is 4.62. The van der Waals surface area contributed by atoms with Gasteiger partial charge in [-0.15, -0.1) is 11.3 Å². The van der Waals surface area contributed by atoms with Crippen molar-refractivity contribution in [3.63, 3.8) is 0 Å². The van der Waals surface area contributed by atoms with Gasteiger partial charge in [0.2, 0.25) is 0 Å². The van der Waals surface area contributed by atoms with Gasteiger partial charge in [-0.2, -0.15) is 0 Å². The molecular weight excluding hydrogens is 223 g/mol. The molecule has 0 saturated carbocycles. The van der Waals surface area contributed by atoms with Crippen molar-refractivity contribution >= 4 is 11.3 Å². The Labute approximate surface area is 98.2 Å². The first kappa shape index (κ1) is 11.2. The summed E-state index contributed by atoms with van der Waals surface area (Å²) in [6, 6.07) is 7.39. The van der Waals surface area contributed by atoms with E-state index < -0.39 is 0 Å². The Morgan fingerprint density at radius 1 is 1.44 bits per heavy atom. The lowest BCUT2D eigenvalue weighted by Crippen LogP contribution is -2.18. The minimum absolute atomic E-state index is 0.127. The molecule has 0 aromatic carbocycles. The number of halogens is 1. The average molecular weight is 236 g/mol. The average Bonchev–Trinajstić information content (AvgIpc) is 2.80. The van der Waals surface area contributed by atoms with E-state index in [0.717, 1.165) is 12.2 Å². The lowest BCUT2D eigenvalue weighted by atomic mass is 10.2. The summed E-state index contributed by atoms with van der Waals surface area (Å²) in [6.07, 6.45) is 1.25. The molecule has 0 aliphatic rings. The number of hydrogen-bond acceptors (Lipinski definition) is 3. The normalized spacial score (nSPS) is 12.6. The molecule has 4 heteroatoms. The molecule has 0 saturated heterocycles. The smallest absolute Gasteiger partial charge is 0.141 e. The highest BCUT2D eigenvalue weighted by Crippen LogP contribution is 2.13. The highest BCUT2D eigenvalue weighted by Gasteiger charge is 2.06. The van der Waals surface area contributed by atoms with E-state index in [9.17, 15) is 4.39 Å². The van der Waals surface area contributed by atoms with Crippen molar-refractivity contribution in [2.45, 2.75) is 19.5 Å². The molecule has 16 heavy (non-hydrogen) atoms. The summed E-state index contributed by atoms with van der Waals surface area (Å²) in [5.41, 5.74) is 0.859. The van der Waals surface area contributed by atoms with Gasteiger partial charge in [0.15, 0.2) is 0 Å². The quantitative estimate of drug-likeness (QED) is 0.882. The van der Waals surface area contributed by atoms with Crippen molar-refractivity contribution in [3.8, 4) is 0 Å². The third-order valence-corrected chi connectivity index (χ3v) is 3.23. The molecule has 2 nitrogen and oxygen atoms in total. The fraction of sp³-hybridized carbons (Fsp3) is 0.250. The molecule has 0 aliphatic heterocycles. The van der Waals surface area contributed by atoms with Crippen molar-refractivity contribution in [2.24, 2.45) is 0 Å². The molecule has 0 aliphatic carbocycles. The van der Waals surface area contributed by atoms with Crippen LogP contribution in [0.25, 0.3) is 0 Å². The van der Waals surface area contributed by atoms with E-state index in [2.05, 4.69) is 21.7 Å². The molecule has 2 aromatic heterocycles. The Balaban J connectivity index is 1.93. The minimum atomic E-state index is -0.297. The van der Waals surface area contributed by atoms with E-state index in [4.69, 9.17) is 0 Å². The van der Waals surface area contributed by atoms with Gasteiger partial charge in [-0.25, -0.2) is 4.39 Å². The van der Waals surface area contributed by atoms with Gasteiger partial charge in [0.05, 0.1) is 11.9 Å². The van der Waals surface area contributed by atoms with Crippen molar-refractivity contribution in [1.29, 1.82) is 0 Å². The Morgan fingerprint density at radius 2 is 2.31 bits per heavy atom. The van der Waals surface area contributed by atoms with Gasteiger partial charge in [0.25, 0.3) is 0 Å². The van der Waals surface area contributed by atoms with Crippen LogP contribution in [0, 0.1) is 5.82 Å². The second kappa shape index (κ2) is 5.18. The lowest BCUT2D eigenvalue weighted by Gasteiger charge is -2.12. The lowest BCUT2D eigenvalue weighted by molar-refractivity contribution is 0.558. The highest BCUT2D eigenvalue weighted by atomic mass is 32.1. The van der Waals surface area contributed by atoms with Gasteiger partial charge >= 0.3 is 0 Å². The van der Waals surface area contributed by atoms with E-state index >= 15 is 0 Å². The number of pyridine rings is 1. The topological polar surface area (TPSA) is 24.9 Å². The van der Waals surface area contributed by atoms with Crippen LogP contribution in [-0.2, 0) is 6.54 Å². The molecule has 84 valence electrons. The molecule has 2 rings (SSSR count). The monoisotopic (exact) mass is 236 g/mol. The maximum atomic E-state index is 12.7. The van der Waals surface area contributed by atoms with Crippen molar-refractivity contribution < 1.29 is 4.39 Å². The molecule has 0 radical (unpaired) electrons. The van der Waals surface area contributed by atoms with Gasteiger partial charge in [-0.05, 0) is 30.5 Å². The fourth-order valence-electron chi connectivity index (χ4n) is 1.41. The third kappa shape index (κ3) is 2.87. The molecule has 0 spiro atoms. The summed E-state index contributed by atoms with van der Waals surface area (Å²) in [4.78, 5) is 5.33. The van der Waals surface area contributed by atoms with Gasteiger partial charge in [-0.1, -0.05) is 6.07 Å². The van der Waals surface area contributed by atoms with E-state index in [0.29, 0.717) is 0 Å². The number of nitrogens with one attached hydrogen (secondary N) is 1.